The van der Waals surface area contributed by atoms with Crippen molar-refractivity contribution in [2.75, 3.05) is 18.1 Å². The van der Waals surface area contributed by atoms with Crippen LogP contribution in [0.15, 0.2) is 24.3 Å². The molecule has 4 nitrogen and oxygen atoms in total. The highest BCUT2D eigenvalue weighted by molar-refractivity contribution is 7.91. The lowest BCUT2D eigenvalue weighted by atomic mass is 9.94. The number of hydrogen-bond donors (Lipinski definition) is 1. The second-order valence-electron chi connectivity index (χ2n) is 6.07. The van der Waals surface area contributed by atoms with Gasteiger partial charge in [-0.2, -0.15) is 0 Å². The second-order valence-corrected chi connectivity index (χ2v) is 8.30. The van der Waals surface area contributed by atoms with Crippen molar-refractivity contribution in [1.29, 1.82) is 0 Å². The van der Waals surface area contributed by atoms with E-state index in [2.05, 4.69) is 5.32 Å². The van der Waals surface area contributed by atoms with Gasteiger partial charge in [0.05, 0.1) is 16.9 Å². The highest BCUT2D eigenvalue weighted by Crippen LogP contribution is 2.48. The van der Waals surface area contributed by atoms with Gasteiger partial charge in [0, 0.05) is 6.54 Å². The summed E-state index contributed by atoms with van der Waals surface area (Å²) in [7, 11) is -2.91. The summed E-state index contributed by atoms with van der Waals surface area (Å²) in [5, 5.41) is 2.88. The molecule has 2 fully saturated rings. The van der Waals surface area contributed by atoms with Gasteiger partial charge in [0.25, 0.3) is 0 Å². The van der Waals surface area contributed by atoms with Crippen molar-refractivity contribution < 1.29 is 17.6 Å². The lowest BCUT2D eigenvalue weighted by Crippen LogP contribution is -2.37. The van der Waals surface area contributed by atoms with E-state index in [0.29, 0.717) is 13.0 Å². The van der Waals surface area contributed by atoms with Gasteiger partial charge in [-0.25, -0.2) is 12.8 Å². The molecule has 0 spiro atoms. The minimum atomic E-state index is -2.91. The number of hydrogen-bond acceptors (Lipinski definition) is 3. The van der Waals surface area contributed by atoms with Gasteiger partial charge in [-0.3, -0.25) is 4.79 Å². The van der Waals surface area contributed by atoms with Crippen LogP contribution in [0.3, 0.4) is 0 Å². The third-order valence-electron chi connectivity index (χ3n) is 4.46. The van der Waals surface area contributed by atoms with Crippen LogP contribution in [0.25, 0.3) is 0 Å². The SMILES string of the molecule is O=C(NC[C@H]1CCS(=O)(=O)C1)C1(c2ccc(F)cc2)CC1. The molecule has 1 aliphatic heterocycles. The molecule has 1 aromatic rings. The van der Waals surface area contributed by atoms with Crippen molar-refractivity contribution in [2.24, 2.45) is 5.92 Å². The number of rotatable bonds is 4. The summed E-state index contributed by atoms with van der Waals surface area (Å²) in [5.41, 5.74) is 0.297. The minimum Gasteiger partial charge on any atom is -0.355 e. The van der Waals surface area contributed by atoms with Crippen LogP contribution in [-0.4, -0.2) is 32.4 Å². The average Bonchev–Trinajstić information content (AvgIpc) is 3.17. The first-order valence-corrected chi connectivity index (χ1v) is 8.98. The molecule has 1 amide bonds. The van der Waals surface area contributed by atoms with E-state index in [1.165, 1.54) is 12.1 Å². The third kappa shape index (κ3) is 2.95. The van der Waals surface area contributed by atoms with Crippen molar-refractivity contribution in [1.82, 2.24) is 5.32 Å². The Hall–Kier alpha value is -1.43. The van der Waals surface area contributed by atoms with Crippen LogP contribution in [0, 0.1) is 11.7 Å². The van der Waals surface area contributed by atoms with E-state index in [9.17, 15) is 17.6 Å². The monoisotopic (exact) mass is 311 g/mol. The molecular formula is C15H18FNO3S. The fourth-order valence-corrected chi connectivity index (χ4v) is 4.84. The summed E-state index contributed by atoms with van der Waals surface area (Å²) < 4.78 is 35.8. The van der Waals surface area contributed by atoms with Crippen LogP contribution in [-0.2, 0) is 20.0 Å². The van der Waals surface area contributed by atoms with Gasteiger partial charge >= 0.3 is 0 Å². The van der Waals surface area contributed by atoms with Crippen LogP contribution in [0.5, 0.6) is 0 Å². The summed E-state index contributed by atoms with van der Waals surface area (Å²) in [6, 6.07) is 6.04. The highest BCUT2D eigenvalue weighted by Gasteiger charge is 2.51. The quantitative estimate of drug-likeness (QED) is 0.914. The Morgan fingerprint density at radius 3 is 2.48 bits per heavy atom. The van der Waals surface area contributed by atoms with Crippen molar-refractivity contribution >= 4 is 15.7 Å². The maximum Gasteiger partial charge on any atom is 0.230 e. The zero-order valence-corrected chi connectivity index (χ0v) is 12.5. The van der Waals surface area contributed by atoms with Crippen molar-refractivity contribution in [3.63, 3.8) is 0 Å². The van der Waals surface area contributed by atoms with Gasteiger partial charge in [-0.05, 0) is 42.9 Å². The molecule has 2 aliphatic rings. The van der Waals surface area contributed by atoms with E-state index in [1.807, 2.05) is 0 Å². The fourth-order valence-electron chi connectivity index (χ4n) is 2.98. The van der Waals surface area contributed by atoms with Gasteiger partial charge < -0.3 is 5.32 Å². The lowest BCUT2D eigenvalue weighted by molar-refractivity contribution is -0.123. The van der Waals surface area contributed by atoms with Crippen LogP contribution in [0.2, 0.25) is 0 Å². The average molecular weight is 311 g/mol. The molecular weight excluding hydrogens is 293 g/mol. The Kier molecular flexibility index (Phi) is 3.51. The molecule has 1 aliphatic carbocycles. The first-order valence-electron chi connectivity index (χ1n) is 7.16. The van der Waals surface area contributed by atoms with Gasteiger partial charge in [-0.15, -0.1) is 0 Å². The number of nitrogens with one attached hydrogen (secondary N) is 1. The molecule has 0 aromatic heterocycles. The highest BCUT2D eigenvalue weighted by atomic mass is 32.2. The zero-order valence-electron chi connectivity index (χ0n) is 11.6. The molecule has 114 valence electrons. The molecule has 1 N–H and O–H groups in total. The maximum absolute atomic E-state index is 13.0. The predicted octanol–water partition coefficient (Wildman–Crippen LogP) is 1.41. The largest absolute Gasteiger partial charge is 0.355 e. The summed E-state index contributed by atoms with van der Waals surface area (Å²) in [4.78, 5) is 12.4. The number of halogens is 1. The number of carbonyl (C=O) groups excluding carboxylic acids is 1. The second kappa shape index (κ2) is 5.09. The Balaban J connectivity index is 1.62. The van der Waals surface area contributed by atoms with Crippen molar-refractivity contribution in [3.05, 3.63) is 35.6 Å². The first-order chi connectivity index (χ1) is 9.91. The van der Waals surface area contributed by atoms with Crippen LogP contribution < -0.4 is 5.32 Å². The number of amides is 1. The van der Waals surface area contributed by atoms with Gasteiger partial charge in [0.1, 0.15) is 5.82 Å². The first kappa shape index (κ1) is 14.5. The summed E-state index contributed by atoms with van der Waals surface area (Å²) in [6.45, 7) is 0.404. The van der Waals surface area contributed by atoms with Crippen molar-refractivity contribution in [2.45, 2.75) is 24.7 Å². The number of carbonyl (C=O) groups is 1. The van der Waals surface area contributed by atoms with E-state index in [4.69, 9.17) is 0 Å². The van der Waals surface area contributed by atoms with E-state index < -0.39 is 15.3 Å². The van der Waals surface area contributed by atoms with E-state index >= 15 is 0 Å². The summed E-state index contributed by atoms with van der Waals surface area (Å²) >= 11 is 0. The predicted molar refractivity (Wildman–Crippen MR) is 77.1 cm³/mol. The smallest absolute Gasteiger partial charge is 0.230 e. The van der Waals surface area contributed by atoms with E-state index in [1.54, 1.807) is 12.1 Å². The van der Waals surface area contributed by atoms with Crippen LogP contribution in [0.1, 0.15) is 24.8 Å². The third-order valence-corrected chi connectivity index (χ3v) is 6.30. The summed E-state index contributed by atoms with van der Waals surface area (Å²) in [5.74, 6) is 0.0144. The van der Waals surface area contributed by atoms with Gasteiger partial charge in [0.2, 0.25) is 5.91 Å². The summed E-state index contributed by atoms with van der Waals surface area (Å²) in [6.07, 6.45) is 2.13. The van der Waals surface area contributed by atoms with Gasteiger partial charge in [-0.1, -0.05) is 12.1 Å². The minimum absolute atomic E-state index is 0.0166. The molecule has 3 rings (SSSR count). The fraction of sp³-hybridized carbons (Fsp3) is 0.533. The van der Waals surface area contributed by atoms with Gasteiger partial charge in [0.15, 0.2) is 9.84 Å². The molecule has 6 heteroatoms. The molecule has 1 aromatic carbocycles. The molecule has 1 saturated heterocycles. The molecule has 1 atom stereocenters. The van der Waals surface area contributed by atoms with Crippen LogP contribution in [0.4, 0.5) is 4.39 Å². The Labute approximate surface area is 123 Å². The molecule has 0 unspecified atom stereocenters. The number of benzene rings is 1. The standard InChI is InChI=1S/C15H18FNO3S/c16-13-3-1-12(2-4-13)15(6-7-15)14(18)17-9-11-5-8-21(19,20)10-11/h1-4,11H,5-10H2,(H,17,18)/t11-/m1/s1. The molecule has 0 bridgehead atoms. The maximum atomic E-state index is 13.0. The Morgan fingerprint density at radius 2 is 1.95 bits per heavy atom. The molecule has 1 heterocycles. The van der Waals surface area contributed by atoms with E-state index in [-0.39, 0.29) is 29.1 Å². The molecule has 0 radical (unpaired) electrons. The van der Waals surface area contributed by atoms with Crippen LogP contribution >= 0.6 is 0 Å². The number of sulfone groups is 1. The lowest BCUT2D eigenvalue weighted by Gasteiger charge is -2.17. The molecule has 21 heavy (non-hydrogen) atoms. The Bertz CT molecular complexity index is 650. The normalized spacial score (nSPS) is 25.5. The van der Waals surface area contributed by atoms with E-state index in [0.717, 1.165) is 18.4 Å². The Morgan fingerprint density at radius 1 is 1.29 bits per heavy atom. The topological polar surface area (TPSA) is 63.2 Å². The zero-order chi connectivity index (χ0) is 15.1. The molecule has 1 saturated carbocycles. The van der Waals surface area contributed by atoms with Crippen molar-refractivity contribution in [3.8, 4) is 0 Å².